The Balaban J connectivity index is 2.63. The third kappa shape index (κ3) is 4.17. The second-order valence-electron chi connectivity index (χ2n) is 4.47. The molecule has 1 unspecified atom stereocenters. The van der Waals surface area contributed by atoms with E-state index in [9.17, 15) is 13.5 Å². The summed E-state index contributed by atoms with van der Waals surface area (Å²) >= 11 is 4.77. The first-order valence-corrected chi connectivity index (χ1v) is 7.80. The van der Waals surface area contributed by atoms with Gasteiger partial charge in [-0.2, -0.15) is 0 Å². The summed E-state index contributed by atoms with van der Waals surface area (Å²) < 4.78 is 26.7. The smallest absolute Gasteiger partial charge is 0.221 e. The molecule has 0 amide bonds. The van der Waals surface area contributed by atoms with E-state index < -0.39 is 15.3 Å². The lowest BCUT2D eigenvalue weighted by Gasteiger charge is -2.27. The van der Waals surface area contributed by atoms with E-state index in [2.05, 4.69) is 4.72 Å². The topological polar surface area (TPSA) is 92.4 Å². The number of aliphatic hydroxyl groups excluding tert-OH is 1. The lowest BCUT2D eigenvalue weighted by atomic mass is 9.94. The van der Waals surface area contributed by atoms with Gasteiger partial charge in [0.05, 0.1) is 11.1 Å². The molecule has 1 fully saturated rings. The van der Waals surface area contributed by atoms with Gasteiger partial charge < -0.3 is 10.8 Å². The molecule has 5 nitrogen and oxygen atoms in total. The number of rotatable bonds is 5. The molecule has 0 radical (unpaired) electrons. The van der Waals surface area contributed by atoms with Crippen LogP contribution in [0.5, 0.6) is 0 Å². The van der Waals surface area contributed by atoms with Gasteiger partial charge in [-0.25, -0.2) is 13.1 Å². The maximum absolute atomic E-state index is 12.0. The summed E-state index contributed by atoms with van der Waals surface area (Å²) in [5.41, 5.74) is 5.43. The highest BCUT2D eigenvalue weighted by atomic mass is 32.2. The van der Waals surface area contributed by atoms with E-state index >= 15 is 0 Å². The SMILES string of the molecule is CCC(C(N)=S)S(=O)(=O)NC1CCC(O)CC1. The molecule has 4 N–H and O–H groups in total. The molecule has 17 heavy (non-hydrogen) atoms. The van der Waals surface area contributed by atoms with Crippen LogP contribution >= 0.6 is 12.2 Å². The van der Waals surface area contributed by atoms with Crippen molar-refractivity contribution in [2.24, 2.45) is 5.73 Å². The van der Waals surface area contributed by atoms with E-state index in [0.29, 0.717) is 32.1 Å². The van der Waals surface area contributed by atoms with Crippen LogP contribution in [0.3, 0.4) is 0 Å². The number of nitrogens with two attached hydrogens (primary N) is 1. The molecule has 1 saturated carbocycles. The Hall–Kier alpha value is -0.240. The first kappa shape index (κ1) is 14.8. The Morgan fingerprint density at radius 1 is 1.47 bits per heavy atom. The lowest BCUT2D eigenvalue weighted by molar-refractivity contribution is 0.120. The lowest BCUT2D eigenvalue weighted by Crippen LogP contribution is -2.47. The average molecular weight is 280 g/mol. The normalized spacial score (nSPS) is 27.6. The number of hydrogen-bond acceptors (Lipinski definition) is 4. The van der Waals surface area contributed by atoms with Gasteiger partial charge in [0.15, 0.2) is 0 Å². The zero-order chi connectivity index (χ0) is 13.1. The average Bonchev–Trinajstić information content (AvgIpc) is 2.21. The number of thiocarbonyl (C=S) groups is 1. The molecule has 0 aliphatic heterocycles. The van der Waals surface area contributed by atoms with E-state index in [1.165, 1.54) is 0 Å². The van der Waals surface area contributed by atoms with Gasteiger partial charge in [0.25, 0.3) is 0 Å². The van der Waals surface area contributed by atoms with Crippen LogP contribution in [0.25, 0.3) is 0 Å². The molecule has 0 bridgehead atoms. The molecule has 1 aliphatic rings. The molecule has 0 aromatic carbocycles. The van der Waals surface area contributed by atoms with Crippen LogP contribution in [0.1, 0.15) is 39.0 Å². The molecule has 0 spiro atoms. The van der Waals surface area contributed by atoms with Gasteiger partial charge in [-0.05, 0) is 32.1 Å². The molecule has 0 aromatic rings. The fourth-order valence-corrected chi connectivity index (χ4v) is 4.24. The van der Waals surface area contributed by atoms with Crippen LogP contribution in [-0.2, 0) is 10.0 Å². The molecule has 100 valence electrons. The van der Waals surface area contributed by atoms with E-state index in [0.717, 1.165) is 0 Å². The maximum atomic E-state index is 12.0. The second kappa shape index (κ2) is 6.08. The van der Waals surface area contributed by atoms with Crippen LogP contribution in [0, 0.1) is 0 Å². The van der Waals surface area contributed by atoms with Crippen molar-refractivity contribution in [1.82, 2.24) is 4.72 Å². The molecular weight excluding hydrogens is 260 g/mol. The third-order valence-electron chi connectivity index (χ3n) is 3.09. The summed E-state index contributed by atoms with van der Waals surface area (Å²) in [4.78, 5) is 0.0100. The Kier molecular flexibility index (Phi) is 5.30. The quantitative estimate of drug-likeness (QED) is 0.629. The molecule has 0 saturated heterocycles. The van der Waals surface area contributed by atoms with E-state index in [-0.39, 0.29) is 17.1 Å². The van der Waals surface area contributed by atoms with Crippen LogP contribution in [0.4, 0.5) is 0 Å². The third-order valence-corrected chi connectivity index (χ3v) is 5.52. The minimum Gasteiger partial charge on any atom is -0.393 e. The van der Waals surface area contributed by atoms with Gasteiger partial charge in [-0.3, -0.25) is 0 Å². The van der Waals surface area contributed by atoms with Crippen molar-refractivity contribution in [3.05, 3.63) is 0 Å². The van der Waals surface area contributed by atoms with Crippen molar-refractivity contribution in [1.29, 1.82) is 0 Å². The number of sulfonamides is 1. The minimum absolute atomic E-state index is 0.0100. The Labute approximate surface area is 108 Å². The van der Waals surface area contributed by atoms with Crippen molar-refractivity contribution >= 4 is 27.2 Å². The van der Waals surface area contributed by atoms with Crippen LogP contribution in [0.15, 0.2) is 0 Å². The Morgan fingerprint density at radius 3 is 2.41 bits per heavy atom. The van der Waals surface area contributed by atoms with Gasteiger partial charge in [0, 0.05) is 6.04 Å². The Bertz CT molecular complexity index is 362. The highest BCUT2D eigenvalue weighted by Gasteiger charge is 2.30. The molecule has 1 rings (SSSR count). The monoisotopic (exact) mass is 280 g/mol. The van der Waals surface area contributed by atoms with Crippen LogP contribution in [-0.4, -0.2) is 35.9 Å². The summed E-state index contributed by atoms with van der Waals surface area (Å²) in [6, 6.07) is -0.105. The molecule has 7 heteroatoms. The number of nitrogens with one attached hydrogen (secondary N) is 1. The highest BCUT2D eigenvalue weighted by molar-refractivity contribution is 7.93. The van der Waals surface area contributed by atoms with Gasteiger partial charge in [-0.1, -0.05) is 19.1 Å². The second-order valence-corrected chi connectivity index (χ2v) is 6.83. The van der Waals surface area contributed by atoms with Crippen LogP contribution < -0.4 is 10.5 Å². The predicted octanol–water partition coefficient (Wildman–Crippen LogP) is 0.274. The zero-order valence-corrected chi connectivity index (χ0v) is 11.6. The number of hydrogen-bond donors (Lipinski definition) is 3. The van der Waals surface area contributed by atoms with Gasteiger partial charge in [-0.15, -0.1) is 0 Å². The summed E-state index contributed by atoms with van der Waals surface area (Å²) in [6.45, 7) is 1.74. The van der Waals surface area contributed by atoms with Crippen molar-refractivity contribution < 1.29 is 13.5 Å². The fourth-order valence-electron chi connectivity index (χ4n) is 2.08. The summed E-state index contributed by atoms with van der Waals surface area (Å²) in [6.07, 6.45) is 2.67. The largest absolute Gasteiger partial charge is 0.393 e. The minimum atomic E-state index is -3.49. The zero-order valence-electron chi connectivity index (χ0n) is 9.93. The van der Waals surface area contributed by atoms with Crippen molar-refractivity contribution in [3.63, 3.8) is 0 Å². The van der Waals surface area contributed by atoms with E-state index in [1.54, 1.807) is 6.92 Å². The van der Waals surface area contributed by atoms with Gasteiger partial charge >= 0.3 is 0 Å². The van der Waals surface area contributed by atoms with Crippen molar-refractivity contribution in [2.45, 2.75) is 56.4 Å². The fraction of sp³-hybridized carbons (Fsp3) is 0.900. The summed E-state index contributed by atoms with van der Waals surface area (Å²) in [5, 5.41) is 8.55. The first-order valence-electron chi connectivity index (χ1n) is 5.85. The van der Waals surface area contributed by atoms with Gasteiger partial charge in [0.2, 0.25) is 10.0 Å². The molecule has 1 aliphatic carbocycles. The summed E-state index contributed by atoms with van der Waals surface area (Å²) in [5.74, 6) is 0. The molecule has 0 aromatic heterocycles. The van der Waals surface area contributed by atoms with E-state index in [1.807, 2.05) is 0 Å². The van der Waals surface area contributed by atoms with Gasteiger partial charge in [0.1, 0.15) is 5.25 Å². The molecule has 0 heterocycles. The van der Waals surface area contributed by atoms with Crippen LogP contribution in [0.2, 0.25) is 0 Å². The standard InChI is InChI=1S/C10H20N2O3S2/c1-2-9(10(11)16)17(14,15)12-7-3-5-8(13)6-4-7/h7-9,12-13H,2-6H2,1H3,(H2,11,16). The molecular formula is C10H20N2O3S2. The highest BCUT2D eigenvalue weighted by Crippen LogP contribution is 2.20. The van der Waals surface area contributed by atoms with Crippen molar-refractivity contribution in [3.8, 4) is 0 Å². The predicted molar refractivity (Wildman–Crippen MR) is 71.2 cm³/mol. The van der Waals surface area contributed by atoms with Crippen molar-refractivity contribution in [2.75, 3.05) is 0 Å². The Morgan fingerprint density at radius 2 is 2.00 bits per heavy atom. The van der Waals surface area contributed by atoms with E-state index in [4.69, 9.17) is 18.0 Å². The first-order chi connectivity index (χ1) is 7.86. The molecule has 1 atom stereocenters. The summed E-state index contributed by atoms with van der Waals surface area (Å²) in [7, 11) is -3.49. The maximum Gasteiger partial charge on any atom is 0.221 e. The number of aliphatic hydroxyl groups is 1.